The number of halogens is 1. The van der Waals surface area contributed by atoms with E-state index in [1.807, 2.05) is 0 Å². The fraction of sp³-hybridized carbons (Fsp3) is 0.933. The molecule has 0 aliphatic heterocycles. The predicted molar refractivity (Wildman–Crippen MR) is 80.1 cm³/mol. The molecule has 0 aromatic heterocycles. The van der Waals surface area contributed by atoms with Crippen LogP contribution in [0.25, 0.3) is 0 Å². The predicted octanol–water partition coefficient (Wildman–Crippen LogP) is 4.51. The van der Waals surface area contributed by atoms with Crippen molar-refractivity contribution in [3.05, 3.63) is 0 Å². The van der Waals surface area contributed by atoms with Gasteiger partial charge in [0.15, 0.2) is 0 Å². The van der Waals surface area contributed by atoms with Gasteiger partial charge in [-0.3, -0.25) is 4.79 Å². The Morgan fingerprint density at radius 2 is 1.83 bits per heavy atom. The summed E-state index contributed by atoms with van der Waals surface area (Å²) in [4.78, 5) is 11.5. The van der Waals surface area contributed by atoms with Crippen LogP contribution < -0.4 is 5.32 Å². The van der Waals surface area contributed by atoms with E-state index in [0.29, 0.717) is 0 Å². The lowest BCUT2D eigenvalue weighted by molar-refractivity contribution is -0.121. The maximum absolute atomic E-state index is 11.5. The number of carbonyl (C=O) groups is 1. The molecule has 0 radical (unpaired) electrons. The monoisotopic (exact) mass is 275 g/mol. The van der Waals surface area contributed by atoms with Crippen molar-refractivity contribution in [3.8, 4) is 0 Å². The summed E-state index contributed by atoms with van der Waals surface area (Å²) >= 11 is 5.77. The van der Waals surface area contributed by atoms with Crippen LogP contribution in [0.2, 0.25) is 0 Å². The van der Waals surface area contributed by atoms with Gasteiger partial charge in [-0.1, -0.05) is 52.9 Å². The van der Waals surface area contributed by atoms with Crippen molar-refractivity contribution in [2.75, 3.05) is 6.54 Å². The Hall–Kier alpha value is -0.240. The molecule has 0 aromatic carbocycles. The number of amides is 1. The second-order valence-corrected chi connectivity index (χ2v) is 6.36. The maximum Gasteiger partial charge on any atom is 0.237 e. The smallest absolute Gasteiger partial charge is 0.237 e. The summed E-state index contributed by atoms with van der Waals surface area (Å²) in [6, 6.07) is 0. The van der Waals surface area contributed by atoms with Gasteiger partial charge in [-0.05, 0) is 25.2 Å². The van der Waals surface area contributed by atoms with Gasteiger partial charge in [-0.25, -0.2) is 0 Å². The molecule has 0 saturated carbocycles. The lowest BCUT2D eigenvalue weighted by atomic mass is 9.80. The van der Waals surface area contributed by atoms with Crippen molar-refractivity contribution in [3.63, 3.8) is 0 Å². The first-order valence-electron chi connectivity index (χ1n) is 7.37. The van der Waals surface area contributed by atoms with Crippen LogP contribution in [-0.4, -0.2) is 17.8 Å². The third kappa shape index (κ3) is 7.97. The third-order valence-electron chi connectivity index (χ3n) is 3.54. The number of nitrogens with one attached hydrogen (secondary N) is 1. The zero-order chi connectivity index (χ0) is 14.0. The van der Waals surface area contributed by atoms with Crippen molar-refractivity contribution < 1.29 is 4.79 Å². The zero-order valence-electron chi connectivity index (χ0n) is 12.5. The molecule has 108 valence electrons. The van der Waals surface area contributed by atoms with Crippen LogP contribution in [-0.2, 0) is 4.79 Å². The van der Waals surface area contributed by atoms with E-state index in [1.165, 1.54) is 32.1 Å². The Morgan fingerprint density at radius 1 is 1.17 bits per heavy atom. The Balaban J connectivity index is 4.11. The summed E-state index contributed by atoms with van der Waals surface area (Å²) in [6.07, 6.45) is 8.66. The third-order valence-corrected chi connectivity index (χ3v) is 3.74. The fourth-order valence-corrected chi connectivity index (χ4v) is 2.40. The van der Waals surface area contributed by atoms with Crippen LogP contribution in [0, 0.1) is 5.41 Å². The normalized spacial score (nSPS) is 16.1. The molecule has 0 aromatic rings. The summed E-state index contributed by atoms with van der Waals surface area (Å²) in [7, 11) is 0. The molecule has 0 heterocycles. The maximum atomic E-state index is 11.5. The van der Waals surface area contributed by atoms with Gasteiger partial charge in [-0.15, -0.1) is 11.6 Å². The molecule has 0 saturated heterocycles. The highest BCUT2D eigenvalue weighted by Gasteiger charge is 2.24. The van der Waals surface area contributed by atoms with Crippen LogP contribution in [0.5, 0.6) is 0 Å². The first kappa shape index (κ1) is 17.8. The molecule has 1 amide bonds. The number of hydrogen-bond acceptors (Lipinski definition) is 1. The largest absolute Gasteiger partial charge is 0.354 e. The van der Waals surface area contributed by atoms with Crippen LogP contribution in [0.1, 0.15) is 72.6 Å². The van der Waals surface area contributed by atoms with Crippen molar-refractivity contribution in [2.24, 2.45) is 5.41 Å². The average Bonchev–Trinajstić information content (AvgIpc) is 2.32. The second-order valence-electron chi connectivity index (χ2n) is 5.71. The molecule has 3 heteroatoms. The molecule has 0 fully saturated rings. The highest BCUT2D eigenvalue weighted by molar-refractivity contribution is 6.30. The van der Waals surface area contributed by atoms with Crippen molar-refractivity contribution in [2.45, 2.75) is 78.0 Å². The van der Waals surface area contributed by atoms with E-state index in [-0.39, 0.29) is 11.3 Å². The van der Waals surface area contributed by atoms with E-state index in [0.717, 1.165) is 19.4 Å². The van der Waals surface area contributed by atoms with E-state index < -0.39 is 5.38 Å². The molecule has 2 atom stereocenters. The molecule has 0 bridgehead atoms. The second kappa shape index (κ2) is 9.66. The zero-order valence-corrected chi connectivity index (χ0v) is 13.3. The Bertz CT molecular complexity index is 231. The minimum Gasteiger partial charge on any atom is -0.354 e. The van der Waals surface area contributed by atoms with Crippen molar-refractivity contribution in [1.29, 1.82) is 0 Å². The SMILES string of the molecule is CCCCCCC(C)(CCC)CNC(=O)[C@H](C)Cl. The standard InChI is InChI=1S/C15H30ClNO/c1-5-7-8-9-11-15(4,10-6-2)12-17-14(18)13(3)16/h13H,5-12H2,1-4H3,(H,17,18)/t13-,15?/m0/s1. The topological polar surface area (TPSA) is 29.1 Å². The van der Waals surface area contributed by atoms with Gasteiger partial charge >= 0.3 is 0 Å². The van der Waals surface area contributed by atoms with Gasteiger partial charge in [0.2, 0.25) is 5.91 Å². The van der Waals surface area contributed by atoms with E-state index in [4.69, 9.17) is 11.6 Å². The van der Waals surface area contributed by atoms with Crippen molar-refractivity contribution in [1.82, 2.24) is 5.32 Å². The van der Waals surface area contributed by atoms with Crippen LogP contribution >= 0.6 is 11.6 Å². The minimum absolute atomic E-state index is 0.0486. The molecular weight excluding hydrogens is 246 g/mol. The molecule has 1 unspecified atom stereocenters. The molecule has 18 heavy (non-hydrogen) atoms. The Kier molecular flexibility index (Phi) is 9.53. The van der Waals surface area contributed by atoms with Crippen molar-refractivity contribution >= 4 is 17.5 Å². The minimum atomic E-state index is -0.434. The number of rotatable bonds is 10. The molecule has 0 aliphatic rings. The van der Waals surface area contributed by atoms with E-state index in [2.05, 4.69) is 26.1 Å². The Labute approximate surface area is 118 Å². The van der Waals surface area contributed by atoms with Gasteiger partial charge in [0.05, 0.1) is 0 Å². The lowest BCUT2D eigenvalue weighted by Gasteiger charge is -2.30. The number of unbranched alkanes of at least 4 members (excludes halogenated alkanes) is 3. The fourth-order valence-electron chi connectivity index (χ4n) is 2.33. The number of hydrogen-bond donors (Lipinski definition) is 1. The lowest BCUT2D eigenvalue weighted by Crippen LogP contribution is -2.38. The molecule has 0 rings (SSSR count). The molecule has 1 N–H and O–H groups in total. The molecular formula is C15H30ClNO. The quantitative estimate of drug-likeness (QED) is 0.461. The summed E-state index contributed by atoms with van der Waals surface area (Å²) in [5.74, 6) is -0.0486. The average molecular weight is 276 g/mol. The first-order valence-corrected chi connectivity index (χ1v) is 7.80. The summed E-state index contributed by atoms with van der Waals surface area (Å²) in [5.41, 5.74) is 0.226. The van der Waals surface area contributed by atoms with Crippen LogP contribution in [0.3, 0.4) is 0 Å². The van der Waals surface area contributed by atoms with Gasteiger partial charge in [0, 0.05) is 6.54 Å². The van der Waals surface area contributed by atoms with Gasteiger partial charge < -0.3 is 5.32 Å². The van der Waals surface area contributed by atoms with E-state index in [9.17, 15) is 4.79 Å². The number of carbonyl (C=O) groups excluding carboxylic acids is 1. The van der Waals surface area contributed by atoms with Crippen LogP contribution in [0.4, 0.5) is 0 Å². The summed E-state index contributed by atoms with van der Waals surface area (Å²) < 4.78 is 0. The summed E-state index contributed by atoms with van der Waals surface area (Å²) in [6.45, 7) is 9.18. The molecule has 2 nitrogen and oxygen atoms in total. The van der Waals surface area contributed by atoms with Gasteiger partial charge in [-0.2, -0.15) is 0 Å². The van der Waals surface area contributed by atoms with Crippen LogP contribution in [0.15, 0.2) is 0 Å². The highest BCUT2D eigenvalue weighted by Crippen LogP contribution is 2.29. The van der Waals surface area contributed by atoms with E-state index >= 15 is 0 Å². The van der Waals surface area contributed by atoms with Gasteiger partial charge in [0.1, 0.15) is 5.38 Å². The highest BCUT2D eigenvalue weighted by atomic mass is 35.5. The molecule has 0 spiro atoms. The molecule has 0 aliphatic carbocycles. The van der Waals surface area contributed by atoms with Gasteiger partial charge in [0.25, 0.3) is 0 Å². The number of alkyl halides is 1. The Morgan fingerprint density at radius 3 is 2.33 bits per heavy atom. The van der Waals surface area contributed by atoms with E-state index in [1.54, 1.807) is 6.92 Å². The first-order chi connectivity index (χ1) is 8.45. The summed E-state index contributed by atoms with van der Waals surface area (Å²) in [5, 5.41) is 2.54.